The molecule has 6 aromatic rings. The Morgan fingerprint density at radius 1 is 0.902 bits per heavy atom. The Labute approximate surface area is 241 Å². The number of nitrogens with zero attached hydrogens (tertiary/aromatic N) is 3. The van der Waals surface area contributed by atoms with Crippen LogP contribution in [0.2, 0.25) is 0 Å². The van der Waals surface area contributed by atoms with Gasteiger partial charge in [-0.3, -0.25) is 10.1 Å². The molecule has 1 aliphatic carbocycles. The number of benzene rings is 4. The fraction of sp³-hybridized carbons (Fsp3) is 0.294. The average Bonchev–Trinajstić information content (AvgIpc) is 3.38. The number of nitrogens with one attached hydrogen (secondary N) is 1. The summed E-state index contributed by atoms with van der Waals surface area (Å²) in [5.41, 5.74) is 5.61. The first-order valence-corrected chi connectivity index (χ1v) is 15.2. The SMILES string of the molecule is C[C@H]1CC[C@H]2[C@H](C1)c1c(c3ccccc3c3nc4ccc(C(=O)Nc5nc6ccccc6s5)cc4nc13)OC2(C)C. The van der Waals surface area contributed by atoms with E-state index in [-0.39, 0.29) is 11.5 Å². The summed E-state index contributed by atoms with van der Waals surface area (Å²) in [5, 5.41) is 5.70. The van der Waals surface area contributed by atoms with Crippen molar-refractivity contribution in [3.05, 3.63) is 77.9 Å². The van der Waals surface area contributed by atoms with E-state index in [4.69, 9.17) is 14.7 Å². The van der Waals surface area contributed by atoms with E-state index >= 15 is 0 Å². The molecule has 1 saturated carbocycles. The van der Waals surface area contributed by atoms with Crippen LogP contribution in [0.15, 0.2) is 66.7 Å². The van der Waals surface area contributed by atoms with Crippen molar-refractivity contribution in [1.29, 1.82) is 0 Å². The first kappa shape index (κ1) is 24.7. The fourth-order valence-corrected chi connectivity index (χ4v) is 7.99. The molecule has 8 rings (SSSR count). The minimum absolute atomic E-state index is 0.209. The topological polar surface area (TPSA) is 77.0 Å². The van der Waals surface area contributed by atoms with Gasteiger partial charge in [-0.15, -0.1) is 0 Å². The van der Waals surface area contributed by atoms with Gasteiger partial charge in [-0.05, 0) is 68.9 Å². The van der Waals surface area contributed by atoms with Crippen LogP contribution in [0.3, 0.4) is 0 Å². The number of hydrogen-bond donors (Lipinski definition) is 1. The first-order valence-electron chi connectivity index (χ1n) is 14.4. The van der Waals surface area contributed by atoms with Crippen molar-refractivity contribution in [2.45, 2.75) is 51.6 Å². The number of anilines is 1. The van der Waals surface area contributed by atoms with Crippen LogP contribution in [-0.4, -0.2) is 26.5 Å². The maximum atomic E-state index is 13.3. The molecule has 1 amide bonds. The molecule has 1 fully saturated rings. The lowest BCUT2D eigenvalue weighted by molar-refractivity contribution is -0.0115. The molecule has 3 atom stereocenters. The molecular weight excluding hydrogens is 528 g/mol. The maximum absolute atomic E-state index is 13.3. The van der Waals surface area contributed by atoms with Crippen molar-refractivity contribution in [3.8, 4) is 5.75 Å². The number of para-hydroxylation sites is 1. The van der Waals surface area contributed by atoms with Gasteiger partial charge < -0.3 is 4.74 Å². The minimum atomic E-state index is -0.260. The fourth-order valence-electron chi connectivity index (χ4n) is 7.13. The van der Waals surface area contributed by atoms with Crippen LogP contribution in [0.4, 0.5) is 5.13 Å². The quantitative estimate of drug-likeness (QED) is 0.170. The van der Waals surface area contributed by atoms with Crippen LogP contribution in [0, 0.1) is 11.8 Å². The highest BCUT2D eigenvalue weighted by molar-refractivity contribution is 7.22. The Hall–Kier alpha value is -4.10. The second kappa shape index (κ2) is 8.95. The van der Waals surface area contributed by atoms with E-state index in [9.17, 15) is 4.79 Å². The zero-order valence-corrected chi connectivity index (χ0v) is 24.1. The van der Waals surface area contributed by atoms with Gasteiger partial charge in [0.1, 0.15) is 11.4 Å². The number of fused-ring (bicyclic) bond motifs is 10. The molecule has 2 aliphatic rings. The van der Waals surface area contributed by atoms with Crippen LogP contribution < -0.4 is 10.1 Å². The highest BCUT2D eigenvalue weighted by atomic mass is 32.1. The molecule has 204 valence electrons. The summed E-state index contributed by atoms with van der Waals surface area (Å²) < 4.78 is 7.91. The number of aromatic nitrogens is 3. The predicted octanol–water partition coefficient (Wildman–Crippen LogP) is 8.49. The molecule has 7 heteroatoms. The van der Waals surface area contributed by atoms with Crippen molar-refractivity contribution >= 4 is 65.4 Å². The van der Waals surface area contributed by atoms with Crippen LogP contribution >= 0.6 is 11.3 Å². The lowest BCUT2D eigenvalue weighted by Gasteiger charge is -2.49. The van der Waals surface area contributed by atoms with E-state index in [1.54, 1.807) is 0 Å². The molecule has 0 saturated heterocycles. The molecule has 4 aromatic carbocycles. The molecule has 41 heavy (non-hydrogen) atoms. The summed E-state index contributed by atoms with van der Waals surface area (Å²) in [6.07, 6.45) is 3.47. The van der Waals surface area contributed by atoms with Gasteiger partial charge in [-0.2, -0.15) is 0 Å². The van der Waals surface area contributed by atoms with Crippen molar-refractivity contribution in [2.24, 2.45) is 11.8 Å². The third-order valence-corrected chi connectivity index (χ3v) is 10.1. The Balaban J connectivity index is 1.29. The lowest BCUT2D eigenvalue weighted by atomic mass is 9.64. The maximum Gasteiger partial charge on any atom is 0.257 e. The normalized spacial score (nSPS) is 21.5. The third kappa shape index (κ3) is 3.90. The monoisotopic (exact) mass is 558 g/mol. The summed E-state index contributed by atoms with van der Waals surface area (Å²) in [5.74, 6) is 2.15. The average molecular weight is 559 g/mol. The number of carbonyl (C=O) groups is 1. The van der Waals surface area contributed by atoms with E-state index in [0.717, 1.165) is 56.1 Å². The summed E-state index contributed by atoms with van der Waals surface area (Å²) in [7, 11) is 0. The molecule has 1 N–H and O–H groups in total. The van der Waals surface area contributed by atoms with Gasteiger partial charge >= 0.3 is 0 Å². The summed E-state index contributed by atoms with van der Waals surface area (Å²) in [6, 6.07) is 21.8. The first-order chi connectivity index (χ1) is 19.9. The smallest absolute Gasteiger partial charge is 0.257 e. The van der Waals surface area contributed by atoms with Crippen molar-refractivity contribution < 1.29 is 9.53 Å². The zero-order chi connectivity index (χ0) is 27.9. The van der Waals surface area contributed by atoms with Crippen LogP contribution in [0.5, 0.6) is 5.75 Å². The Kier molecular flexibility index (Phi) is 5.39. The number of ether oxygens (including phenoxy) is 1. The van der Waals surface area contributed by atoms with E-state index in [1.165, 1.54) is 23.3 Å². The molecule has 3 heterocycles. The van der Waals surface area contributed by atoms with Crippen LogP contribution in [0.25, 0.3) is 43.1 Å². The van der Waals surface area contributed by atoms with E-state index in [1.807, 2.05) is 42.5 Å². The minimum Gasteiger partial charge on any atom is -0.487 e. The summed E-state index contributed by atoms with van der Waals surface area (Å²) >= 11 is 1.47. The summed E-state index contributed by atoms with van der Waals surface area (Å²) in [4.78, 5) is 28.3. The second-order valence-electron chi connectivity index (χ2n) is 12.2. The standard InChI is InChI=1S/C34H30N4O2S/c1-18-12-14-23-22(16-18)28-30-29(20-8-4-5-9-21(20)31(28)40-34(23,2)3)35-24-15-13-19(17-26(24)36-30)32(39)38-33-37-25-10-6-7-11-27(25)41-33/h4-11,13,15,17-18,22-23H,12,14,16H2,1-3H3,(H,37,38,39)/t18-,22-,23-/m0/s1. The number of hydrogen-bond acceptors (Lipinski definition) is 6. The molecular formula is C34H30N4O2S. The number of rotatable bonds is 2. The van der Waals surface area contributed by atoms with Crippen molar-refractivity contribution in [2.75, 3.05) is 5.32 Å². The summed E-state index contributed by atoms with van der Waals surface area (Å²) in [6.45, 7) is 6.84. The van der Waals surface area contributed by atoms with Gasteiger partial charge in [0, 0.05) is 27.8 Å². The molecule has 0 unspecified atom stereocenters. The van der Waals surface area contributed by atoms with Gasteiger partial charge in [0.25, 0.3) is 5.91 Å². The van der Waals surface area contributed by atoms with Gasteiger partial charge in [0.05, 0.1) is 32.3 Å². The van der Waals surface area contributed by atoms with Crippen LogP contribution in [-0.2, 0) is 0 Å². The third-order valence-electron chi connectivity index (χ3n) is 9.11. The van der Waals surface area contributed by atoms with Crippen molar-refractivity contribution in [1.82, 2.24) is 15.0 Å². The van der Waals surface area contributed by atoms with Gasteiger partial charge in [-0.1, -0.05) is 61.1 Å². The molecule has 0 radical (unpaired) electrons. The molecule has 0 spiro atoms. The molecule has 0 bridgehead atoms. The Morgan fingerprint density at radius 3 is 2.54 bits per heavy atom. The van der Waals surface area contributed by atoms with Gasteiger partial charge in [0.2, 0.25) is 0 Å². The lowest BCUT2D eigenvalue weighted by Crippen LogP contribution is -2.46. The largest absolute Gasteiger partial charge is 0.487 e. The van der Waals surface area contributed by atoms with E-state index in [0.29, 0.717) is 34.0 Å². The number of amides is 1. The van der Waals surface area contributed by atoms with Gasteiger partial charge in [-0.25, -0.2) is 15.0 Å². The second-order valence-corrected chi connectivity index (χ2v) is 13.2. The predicted molar refractivity (Wildman–Crippen MR) is 166 cm³/mol. The van der Waals surface area contributed by atoms with Crippen molar-refractivity contribution in [3.63, 3.8) is 0 Å². The number of carbonyl (C=O) groups excluding carboxylic acids is 1. The Bertz CT molecular complexity index is 2000. The highest BCUT2D eigenvalue weighted by Gasteiger charge is 2.47. The highest BCUT2D eigenvalue weighted by Crippen LogP contribution is 2.56. The van der Waals surface area contributed by atoms with Gasteiger partial charge in [0.15, 0.2) is 5.13 Å². The van der Waals surface area contributed by atoms with E-state index < -0.39 is 0 Å². The Morgan fingerprint density at radius 2 is 1.68 bits per heavy atom. The number of thiazole rings is 1. The zero-order valence-electron chi connectivity index (χ0n) is 23.3. The molecule has 1 aliphatic heterocycles. The molecule has 6 nitrogen and oxygen atoms in total. The van der Waals surface area contributed by atoms with E-state index in [2.05, 4.69) is 55.3 Å². The van der Waals surface area contributed by atoms with Crippen LogP contribution in [0.1, 0.15) is 61.9 Å². The molecule has 2 aromatic heterocycles.